The van der Waals surface area contributed by atoms with Gasteiger partial charge in [-0.15, -0.1) is 0 Å². The van der Waals surface area contributed by atoms with Crippen molar-refractivity contribution in [3.8, 4) is 11.1 Å². The molecule has 0 unspecified atom stereocenters. The first-order chi connectivity index (χ1) is 15.4. The molecular formula is C30H18O. The van der Waals surface area contributed by atoms with Gasteiger partial charge in [-0.25, -0.2) is 0 Å². The first-order valence-electron chi connectivity index (χ1n) is 10.6. The maximum atomic E-state index is 6.06. The maximum Gasteiger partial charge on any atom is 0.135 e. The Morgan fingerprint density at radius 3 is 1.97 bits per heavy atom. The quantitative estimate of drug-likeness (QED) is 0.254. The molecule has 0 saturated carbocycles. The predicted molar refractivity (Wildman–Crippen MR) is 132 cm³/mol. The van der Waals surface area contributed by atoms with E-state index in [2.05, 4.69) is 97.1 Å². The van der Waals surface area contributed by atoms with Crippen LogP contribution in [0.25, 0.3) is 65.4 Å². The highest BCUT2D eigenvalue weighted by molar-refractivity contribution is 6.21. The molecule has 0 bridgehead atoms. The Bertz CT molecular complexity index is 1790. The van der Waals surface area contributed by atoms with Gasteiger partial charge in [0.2, 0.25) is 0 Å². The molecule has 0 saturated heterocycles. The summed E-state index contributed by atoms with van der Waals surface area (Å²) >= 11 is 0. The highest BCUT2D eigenvalue weighted by Gasteiger charge is 2.13. The molecule has 0 aliphatic heterocycles. The fourth-order valence-corrected chi connectivity index (χ4v) is 4.99. The molecule has 1 heterocycles. The largest absolute Gasteiger partial charge is 0.456 e. The Labute approximate surface area is 179 Å². The molecule has 6 aromatic carbocycles. The van der Waals surface area contributed by atoms with Gasteiger partial charge in [0, 0.05) is 10.8 Å². The second kappa shape index (κ2) is 6.20. The Kier molecular flexibility index (Phi) is 3.33. The van der Waals surface area contributed by atoms with Crippen molar-refractivity contribution in [2.45, 2.75) is 0 Å². The van der Waals surface area contributed by atoms with Crippen LogP contribution in [0.15, 0.2) is 114 Å². The van der Waals surface area contributed by atoms with Crippen LogP contribution in [0.3, 0.4) is 0 Å². The molecule has 0 aliphatic rings. The van der Waals surface area contributed by atoms with Crippen molar-refractivity contribution in [2.75, 3.05) is 0 Å². The molecule has 0 radical (unpaired) electrons. The molecule has 0 N–H and O–H groups in total. The third-order valence-corrected chi connectivity index (χ3v) is 6.45. The molecule has 1 nitrogen and oxygen atoms in total. The van der Waals surface area contributed by atoms with Crippen molar-refractivity contribution >= 4 is 54.3 Å². The highest BCUT2D eigenvalue weighted by atomic mass is 16.3. The summed E-state index contributed by atoms with van der Waals surface area (Å²) in [5, 5.41) is 10.0. The summed E-state index contributed by atoms with van der Waals surface area (Å²) in [5.41, 5.74) is 4.33. The molecule has 0 aliphatic carbocycles. The Hall–Kier alpha value is -4.10. The Morgan fingerprint density at radius 1 is 0.387 bits per heavy atom. The van der Waals surface area contributed by atoms with Gasteiger partial charge < -0.3 is 4.42 Å². The molecule has 7 aromatic rings. The lowest BCUT2D eigenvalue weighted by atomic mass is 9.90. The number of furan rings is 1. The van der Waals surface area contributed by atoms with Crippen molar-refractivity contribution in [3.05, 3.63) is 109 Å². The summed E-state index contributed by atoms with van der Waals surface area (Å²) in [5.74, 6) is 0. The van der Waals surface area contributed by atoms with Crippen LogP contribution in [0, 0.1) is 0 Å². The van der Waals surface area contributed by atoms with Gasteiger partial charge >= 0.3 is 0 Å². The second-order valence-corrected chi connectivity index (χ2v) is 8.16. The summed E-state index contributed by atoms with van der Waals surface area (Å²) in [6.07, 6.45) is 0. The number of para-hydroxylation sites is 1. The molecule has 1 heteroatoms. The summed E-state index contributed by atoms with van der Waals surface area (Å²) in [7, 11) is 0. The van der Waals surface area contributed by atoms with Gasteiger partial charge in [0.15, 0.2) is 0 Å². The average Bonchev–Trinajstić information content (AvgIpc) is 3.21. The van der Waals surface area contributed by atoms with E-state index >= 15 is 0 Å². The second-order valence-electron chi connectivity index (χ2n) is 8.16. The van der Waals surface area contributed by atoms with Crippen molar-refractivity contribution < 1.29 is 4.42 Å². The molecule has 7 rings (SSSR count). The van der Waals surface area contributed by atoms with E-state index in [-0.39, 0.29) is 0 Å². The maximum absolute atomic E-state index is 6.06. The van der Waals surface area contributed by atoms with E-state index in [1.807, 2.05) is 12.1 Å². The lowest BCUT2D eigenvalue weighted by Crippen LogP contribution is -1.86. The standard InChI is InChI=1S/C30H18O/c1-2-8-21-19(7-1)13-15-24-22-9-3-4-10-23(22)26(18-27(21)24)20-14-16-30-28(17-20)25-11-5-6-12-29(25)31-30/h1-18H. The Morgan fingerprint density at radius 2 is 1.06 bits per heavy atom. The summed E-state index contributed by atoms with van der Waals surface area (Å²) < 4.78 is 6.06. The van der Waals surface area contributed by atoms with Crippen LogP contribution in [0.2, 0.25) is 0 Å². The van der Waals surface area contributed by atoms with Crippen molar-refractivity contribution in [2.24, 2.45) is 0 Å². The van der Waals surface area contributed by atoms with Crippen molar-refractivity contribution in [3.63, 3.8) is 0 Å². The van der Waals surface area contributed by atoms with Gasteiger partial charge in [-0.1, -0.05) is 84.9 Å². The number of hydrogen-bond donors (Lipinski definition) is 0. The number of hydrogen-bond acceptors (Lipinski definition) is 1. The monoisotopic (exact) mass is 394 g/mol. The SMILES string of the molecule is c1ccc2c(c1)ccc1c3ccccc3c(-c3ccc4oc5ccccc5c4c3)cc21. The first kappa shape index (κ1) is 16.7. The minimum absolute atomic E-state index is 0.931. The zero-order valence-electron chi connectivity index (χ0n) is 16.8. The van der Waals surface area contributed by atoms with E-state index in [1.54, 1.807) is 0 Å². The summed E-state index contributed by atoms with van der Waals surface area (Å²) in [6, 6.07) is 39.1. The Balaban J connectivity index is 1.62. The molecule has 0 amide bonds. The third kappa shape index (κ3) is 2.38. The smallest absolute Gasteiger partial charge is 0.135 e. The molecular weight excluding hydrogens is 376 g/mol. The summed E-state index contributed by atoms with van der Waals surface area (Å²) in [4.78, 5) is 0. The molecule has 0 fully saturated rings. The van der Waals surface area contributed by atoms with Gasteiger partial charge in [-0.2, -0.15) is 0 Å². The van der Waals surface area contributed by atoms with Crippen LogP contribution < -0.4 is 0 Å². The lowest BCUT2D eigenvalue weighted by Gasteiger charge is -2.13. The lowest BCUT2D eigenvalue weighted by molar-refractivity contribution is 0.669. The first-order valence-corrected chi connectivity index (χ1v) is 10.6. The van der Waals surface area contributed by atoms with E-state index < -0.39 is 0 Å². The molecule has 144 valence electrons. The van der Waals surface area contributed by atoms with E-state index in [4.69, 9.17) is 4.42 Å². The molecule has 0 atom stereocenters. The molecule has 31 heavy (non-hydrogen) atoms. The normalized spacial score (nSPS) is 11.9. The highest BCUT2D eigenvalue weighted by Crippen LogP contribution is 2.39. The average molecular weight is 394 g/mol. The summed E-state index contributed by atoms with van der Waals surface area (Å²) in [6.45, 7) is 0. The van der Waals surface area contributed by atoms with Crippen LogP contribution >= 0.6 is 0 Å². The van der Waals surface area contributed by atoms with Gasteiger partial charge in [0.05, 0.1) is 0 Å². The number of fused-ring (bicyclic) bond motifs is 8. The van der Waals surface area contributed by atoms with Crippen LogP contribution in [-0.2, 0) is 0 Å². The van der Waals surface area contributed by atoms with E-state index in [0.717, 1.165) is 21.9 Å². The minimum Gasteiger partial charge on any atom is -0.456 e. The van der Waals surface area contributed by atoms with Crippen molar-refractivity contribution in [1.29, 1.82) is 0 Å². The van der Waals surface area contributed by atoms with E-state index in [1.165, 1.54) is 43.4 Å². The van der Waals surface area contributed by atoms with Gasteiger partial charge in [-0.3, -0.25) is 0 Å². The van der Waals surface area contributed by atoms with Gasteiger partial charge in [-0.05, 0) is 67.7 Å². The van der Waals surface area contributed by atoms with Crippen LogP contribution in [0.1, 0.15) is 0 Å². The predicted octanol–water partition coefficient (Wildman–Crippen LogP) is 8.71. The third-order valence-electron chi connectivity index (χ3n) is 6.45. The zero-order chi connectivity index (χ0) is 20.4. The molecule has 1 aromatic heterocycles. The van der Waals surface area contributed by atoms with Crippen LogP contribution in [0.5, 0.6) is 0 Å². The van der Waals surface area contributed by atoms with Crippen LogP contribution in [0.4, 0.5) is 0 Å². The van der Waals surface area contributed by atoms with Gasteiger partial charge in [0.25, 0.3) is 0 Å². The topological polar surface area (TPSA) is 13.1 Å². The van der Waals surface area contributed by atoms with E-state index in [9.17, 15) is 0 Å². The van der Waals surface area contributed by atoms with Crippen molar-refractivity contribution in [1.82, 2.24) is 0 Å². The number of benzene rings is 6. The number of rotatable bonds is 1. The fourth-order valence-electron chi connectivity index (χ4n) is 4.99. The van der Waals surface area contributed by atoms with E-state index in [0.29, 0.717) is 0 Å². The molecule has 0 spiro atoms. The minimum atomic E-state index is 0.931. The fraction of sp³-hybridized carbons (Fsp3) is 0. The van der Waals surface area contributed by atoms with Gasteiger partial charge in [0.1, 0.15) is 11.2 Å². The van der Waals surface area contributed by atoms with Crippen LogP contribution in [-0.4, -0.2) is 0 Å². The zero-order valence-corrected chi connectivity index (χ0v) is 16.8.